The van der Waals surface area contributed by atoms with Gasteiger partial charge in [-0.1, -0.05) is 41.4 Å². The van der Waals surface area contributed by atoms with E-state index in [1.807, 2.05) is 0 Å². The third kappa shape index (κ3) is 4.94. The molecule has 1 atom stereocenters. The summed E-state index contributed by atoms with van der Waals surface area (Å²) in [6, 6.07) is 10.9. The average Bonchev–Trinajstić information content (AvgIpc) is 2.48. The number of nitrogens with one attached hydrogen (secondary N) is 2. The minimum atomic E-state index is -4.25. The van der Waals surface area contributed by atoms with E-state index in [0.29, 0.717) is 10.7 Å². The van der Waals surface area contributed by atoms with Gasteiger partial charge in [-0.3, -0.25) is 0 Å². The first-order chi connectivity index (χ1) is 11.3. The third-order valence-corrected chi connectivity index (χ3v) is 3.21. The quantitative estimate of drug-likeness (QED) is 0.675. The number of ether oxygens (including phenoxy) is 1. The second kappa shape index (κ2) is 7.63. The highest BCUT2D eigenvalue weighted by Gasteiger charge is 2.42. The minimum Gasteiger partial charge on any atom is -0.427 e. The van der Waals surface area contributed by atoms with E-state index in [-0.39, 0.29) is 5.69 Å². The van der Waals surface area contributed by atoms with Crippen LogP contribution in [0.2, 0.25) is 5.02 Å². The van der Waals surface area contributed by atoms with Crippen molar-refractivity contribution in [3.63, 3.8) is 0 Å². The van der Waals surface area contributed by atoms with Crippen molar-refractivity contribution in [1.29, 1.82) is 0 Å². The molecule has 2 aromatic rings. The Morgan fingerprint density at radius 2 is 1.83 bits per heavy atom. The van der Waals surface area contributed by atoms with Crippen LogP contribution in [-0.2, 0) is 0 Å². The number of rotatable bonds is 5. The molecule has 0 aliphatic rings. The van der Waals surface area contributed by atoms with E-state index in [0.717, 1.165) is 6.07 Å². The number of hydrogen-bond acceptors (Lipinski definition) is 2. The van der Waals surface area contributed by atoms with Gasteiger partial charge in [0.1, 0.15) is 5.75 Å². The Hall–Kier alpha value is -2.12. The molecule has 0 fully saturated rings. The van der Waals surface area contributed by atoms with E-state index in [1.54, 1.807) is 18.2 Å². The van der Waals surface area contributed by atoms with Gasteiger partial charge in [0.15, 0.2) is 0 Å². The molecule has 0 radical (unpaired) electrons. The van der Waals surface area contributed by atoms with Gasteiger partial charge in [0.25, 0.3) is 5.63 Å². The zero-order chi connectivity index (χ0) is 17.7. The Labute approximate surface area is 145 Å². The summed E-state index contributed by atoms with van der Waals surface area (Å²) < 4.78 is 43.5. The highest BCUT2D eigenvalue weighted by Crippen LogP contribution is 2.33. The SMILES string of the molecule is O=C(Nc1cccc(Cl)c1)Nc1ccccc1OC(F)(F)C(F)Cl. The zero-order valence-electron chi connectivity index (χ0n) is 11.9. The standard InChI is InChI=1S/C15H11Cl2F3N2O2/c16-9-4-3-5-10(8-9)21-14(23)22-11-6-1-2-7-12(11)24-15(19,20)13(17)18/h1-8,13H,(H2,21,22,23). The fourth-order valence-corrected chi connectivity index (χ4v) is 1.94. The number of hydrogen-bond donors (Lipinski definition) is 2. The molecule has 0 aliphatic carbocycles. The lowest BCUT2D eigenvalue weighted by Gasteiger charge is -2.20. The number of anilines is 2. The number of urea groups is 1. The van der Waals surface area contributed by atoms with E-state index in [2.05, 4.69) is 15.4 Å². The number of alkyl halides is 4. The Bertz CT molecular complexity index is 729. The number of carbonyl (C=O) groups excluding carboxylic acids is 1. The van der Waals surface area contributed by atoms with Gasteiger partial charge in [-0.15, -0.1) is 0 Å². The van der Waals surface area contributed by atoms with E-state index in [4.69, 9.17) is 23.2 Å². The molecule has 2 rings (SSSR count). The molecule has 128 valence electrons. The molecule has 24 heavy (non-hydrogen) atoms. The molecule has 0 aromatic heterocycles. The first-order valence-electron chi connectivity index (χ1n) is 6.55. The van der Waals surface area contributed by atoms with Crippen molar-refractivity contribution in [3.05, 3.63) is 53.6 Å². The highest BCUT2D eigenvalue weighted by atomic mass is 35.5. The van der Waals surface area contributed by atoms with Crippen LogP contribution < -0.4 is 15.4 Å². The molecule has 2 aromatic carbocycles. The number of benzene rings is 2. The van der Waals surface area contributed by atoms with Crippen LogP contribution >= 0.6 is 23.2 Å². The predicted octanol–water partition coefficient (Wildman–Crippen LogP) is 5.49. The minimum absolute atomic E-state index is 0.0889. The van der Waals surface area contributed by atoms with Gasteiger partial charge < -0.3 is 15.4 Å². The van der Waals surface area contributed by atoms with Gasteiger partial charge in [0, 0.05) is 10.7 Å². The summed E-state index contributed by atoms with van der Waals surface area (Å²) in [4.78, 5) is 11.9. The van der Waals surface area contributed by atoms with E-state index < -0.39 is 23.5 Å². The van der Waals surface area contributed by atoms with Crippen molar-refractivity contribution in [2.45, 2.75) is 11.7 Å². The second-order valence-corrected chi connectivity index (χ2v) is 5.37. The van der Waals surface area contributed by atoms with Crippen LogP contribution in [0.15, 0.2) is 48.5 Å². The maximum Gasteiger partial charge on any atom is 0.444 e. The Balaban J connectivity index is 2.11. The number of carbonyl (C=O) groups is 1. The van der Waals surface area contributed by atoms with Gasteiger partial charge >= 0.3 is 12.1 Å². The van der Waals surface area contributed by atoms with Gasteiger partial charge in [0.05, 0.1) is 5.69 Å². The van der Waals surface area contributed by atoms with Crippen molar-refractivity contribution < 1.29 is 22.7 Å². The summed E-state index contributed by atoms with van der Waals surface area (Å²) in [5.74, 6) is -0.438. The summed E-state index contributed by atoms with van der Waals surface area (Å²) in [7, 11) is 0. The van der Waals surface area contributed by atoms with E-state index in [1.165, 1.54) is 24.3 Å². The average molecular weight is 379 g/mol. The monoisotopic (exact) mass is 378 g/mol. The van der Waals surface area contributed by atoms with E-state index in [9.17, 15) is 18.0 Å². The van der Waals surface area contributed by atoms with Gasteiger partial charge in [0.2, 0.25) is 0 Å². The summed E-state index contributed by atoms with van der Waals surface area (Å²) in [5, 5.41) is 5.20. The van der Waals surface area contributed by atoms with Crippen LogP contribution in [0.5, 0.6) is 5.75 Å². The van der Waals surface area contributed by atoms with Gasteiger partial charge in [-0.2, -0.15) is 8.78 Å². The Morgan fingerprint density at radius 3 is 2.50 bits per heavy atom. The summed E-state index contributed by atoms with van der Waals surface area (Å²) >= 11 is 10.5. The molecule has 0 saturated heterocycles. The molecule has 0 aliphatic heterocycles. The molecular formula is C15H11Cl2F3N2O2. The first-order valence-corrected chi connectivity index (χ1v) is 7.37. The lowest BCUT2D eigenvalue weighted by molar-refractivity contribution is -0.198. The Morgan fingerprint density at radius 1 is 1.12 bits per heavy atom. The Kier molecular flexibility index (Phi) is 5.80. The summed E-state index contributed by atoms with van der Waals surface area (Å²) in [6.07, 6.45) is -4.25. The molecule has 0 heterocycles. The second-order valence-electron chi connectivity index (χ2n) is 4.55. The maximum absolute atomic E-state index is 13.3. The summed E-state index contributed by atoms with van der Waals surface area (Å²) in [5.41, 5.74) is -2.73. The summed E-state index contributed by atoms with van der Waals surface area (Å²) in [6.45, 7) is 0. The van der Waals surface area contributed by atoms with E-state index >= 15 is 0 Å². The fraction of sp³-hybridized carbons (Fsp3) is 0.133. The van der Waals surface area contributed by atoms with Crippen molar-refractivity contribution in [1.82, 2.24) is 0 Å². The number of halogens is 5. The van der Waals surface area contributed by atoms with Crippen LogP contribution in [0.4, 0.5) is 29.3 Å². The normalized spacial score (nSPS) is 12.4. The first kappa shape index (κ1) is 18.2. The predicted molar refractivity (Wildman–Crippen MR) is 86.9 cm³/mol. The third-order valence-electron chi connectivity index (χ3n) is 2.72. The lowest BCUT2D eigenvalue weighted by Crippen LogP contribution is -2.33. The van der Waals surface area contributed by atoms with Crippen molar-refractivity contribution in [2.24, 2.45) is 0 Å². The largest absolute Gasteiger partial charge is 0.444 e. The van der Waals surface area contributed by atoms with Gasteiger partial charge in [-0.05, 0) is 30.3 Å². The van der Waals surface area contributed by atoms with Crippen molar-refractivity contribution in [3.8, 4) is 5.75 Å². The van der Waals surface area contributed by atoms with Crippen LogP contribution in [0.1, 0.15) is 0 Å². The fourth-order valence-electron chi connectivity index (χ4n) is 1.70. The molecule has 2 N–H and O–H groups in total. The lowest BCUT2D eigenvalue weighted by atomic mass is 10.3. The molecule has 9 heteroatoms. The zero-order valence-corrected chi connectivity index (χ0v) is 13.4. The molecule has 0 bridgehead atoms. The van der Waals surface area contributed by atoms with Crippen molar-refractivity contribution in [2.75, 3.05) is 10.6 Å². The smallest absolute Gasteiger partial charge is 0.427 e. The molecule has 0 spiro atoms. The number of amides is 2. The maximum atomic E-state index is 13.3. The molecule has 4 nitrogen and oxygen atoms in total. The molecule has 1 unspecified atom stereocenters. The van der Waals surface area contributed by atoms with Crippen molar-refractivity contribution >= 4 is 40.6 Å². The van der Waals surface area contributed by atoms with Crippen LogP contribution in [0.3, 0.4) is 0 Å². The molecule has 0 saturated carbocycles. The van der Waals surface area contributed by atoms with Crippen LogP contribution in [0.25, 0.3) is 0 Å². The highest BCUT2D eigenvalue weighted by molar-refractivity contribution is 6.30. The van der Waals surface area contributed by atoms with Crippen LogP contribution in [-0.4, -0.2) is 17.8 Å². The number of para-hydroxylation sites is 2. The van der Waals surface area contributed by atoms with Crippen LogP contribution in [0, 0.1) is 0 Å². The van der Waals surface area contributed by atoms with Gasteiger partial charge in [-0.25, -0.2) is 9.18 Å². The molecule has 2 amide bonds. The molecular weight excluding hydrogens is 368 g/mol. The topological polar surface area (TPSA) is 50.4 Å².